The molecule has 1 aromatic heterocycles. The third kappa shape index (κ3) is 2.88. The van der Waals surface area contributed by atoms with E-state index in [4.69, 9.17) is 5.73 Å². The minimum Gasteiger partial charge on any atom is -0.399 e. The number of tetrazole rings is 1. The average Bonchev–Trinajstić information content (AvgIpc) is 2.86. The second kappa shape index (κ2) is 5.86. The summed E-state index contributed by atoms with van der Waals surface area (Å²) in [4.78, 5) is 0. The van der Waals surface area contributed by atoms with Crippen LogP contribution in [0, 0.1) is 0 Å². The van der Waals surface area contributed by atoms with Crippen molar-refractivity contribution in [3.8, 4) is 17.1 Å². The number of nitrogens with two attached hydrogens (primary N) is 1. The Hall–Kier alpha value is -1.25. The van der Waals surface area contributed by atoms with Gasteiger partial charge in [-0.05, 0) is 72.6 Å². The van der Waals surface area contributed by atoms with Gasteiger partial charge in [-0.15, -0.1) is 5.10 Å². The van der Waals surface area contributed by atoms with Gasteiger partial charge in [0.15, 0.2) is 5.82 Å². The summed E-state index contributed by atoms with van der Waals surface area (Å²) < 4.78 is 4.30. The highest BCUT2D eigenvalue weighted by atomic mass is 79.9. The van der Waals surface area contributed by atoms with Crippen LogP contribution < -0.4 is 5.73 Å². The second-order valence-corrected chi connectivity index (χ2v) is 6.88. The van der Waals surface area contributed by atoms with Crippen LogP contribution in [-0.4, -0.2) is 20.2 Å². The van der Waals surface area contributed by atoms with Crippen molar-refractivity contribution in [2.75, 3.05) is 5.73 Å². The van der Waals surface area contributed by atoms with Crippen molar-refractivity contribution in [2.24, 2.45) is 0 Å². The fourth-order valence-electron chi connectivity index (χ4n) is 1.95. The van der Waals surface area contributed by atoms with E-state index in [9.17, 15) is 0 Å². The number of para-hydroxylation sites is 1. The first-order valence-corrected chi connectivity index (χ1v) is 8.23. The molecule has 0 aliphatic rings. The third-order valence-electron chi connectivity index (χ3n) is 2.80. The monoisotopic (exact) mass is 471 g/mol. The molecule has 3 rings (SSSR count). The van der Waals surface area contributed by atoms with E-state index in [1.165, 1.54) is 0 Å². The maximum absolute atomic E-state index is 5.89. The lowest BCUT2D eigenvalue weighted by Crippen LogP contribution is -2.02. The summed E-state index contributed by atoms with van der Waals surface area (Å²) in [5, 5.41) is 12.0. The molecule has 106 valence electrons. The zero-order chi connectivity index (χ0) is 15.0. The van der Waals surface area contributed by atoms with Gasteiger partial charge in [-0.3, -0.25) is 0 Å². The van der Waals surface area contributed by atoms with E-state index in [0.717, 1.165) is 24.7 Å². The lowest BCUT2D eigenvalue weighted by molar-refractivity contribution is 0.786. The van der Waals surface area contributed by atoms with Crippen molar-refractivity contribution >= 4 is 53.5 Å². The molecule has 0 atom stereocenters. The largest absolute Gasteiger partial charge is 0.399 e. The summed E-state index contributed by atoms with van der Waals surface area (Å²) in [6, 6.07) is 11.4. The Morgan fingerprint density at radius 3 is 2.38 bits per heavy atom. The van der Waals surface area contributed by atoms with Crippen molar-refractivity contribution in [1.29, 1.82) is 0 Å². The number of nitrogens with zero attached hydrogens (tertiary/aromatic N) is 4. The standard InChI is InChI=1S/C13H8Br3N5/c14-8-4-7(5-9(17)6-8)13-18-19-20-21(13)12-10(15)2-1-3-11(12)16/h1-6H,17H2. The molecule has 0 saturated carbocycles. The van der Waals surface area contributed by atoms with E-state index >= 15 is 0 Å². The van der Waals surface area contributed by atoms with E-state index in [2.05, 4.69) is 63.3 Å². The number of benzene rings is 2. The van der Waals surface area contributed by atoms with Crippen LogP contribution in [0.2, 0.25) is 0 Å². The molecule has 2 N–H and O–H groups in total. The van der Waals surface area contributed by atoms with Crippen LogP contribution in [0.4, 0.5) is 5.69 Å². The second-order valence-electron chi connectivity index (χ2n) is 4.26. The molecule has 21 heavy (non-hydrogen) atoms. The van der Waals surface area contributed by atoms with Crippen molar-refractivity contribution in [2.45, 2.75) is 0 Å². The topological polar surface area (TPSA) is 69.6 Å². The maximum Gasteiger partial charge on any atom is 0.187 e. The molecule has 0 aliphatic carbocycles. The average molecular weight is 474 g/mol. The number of anilines is 1. The Morgan fingerprint density at radius 1 is 1.00 bits per heavy atom. The van der Waals surface area contributed by atoms with Gasteiger partial charge in [0.25, 0.3) is 0 Å². The molecule has 0 unspecified atom stereocenters. The Kier molecular flexibility index (Phi) is 4.10. The van der Waals surface area contributed by atoms with Crippen molar-refractivity contribution in [1.82, 2.24) is 20.2 Å². The normalized spacial score (nSPS) is 10.8. The lowest BCUT2D eigenvalue weighted by atomic mass is 10.2. The van der Waals surface area contributed by atoms with Gasteiger partial charge in [-0.1, -0.05) is 22.0 Å². The molecule has 3 aromatic rings. The van der Waals surface area contributed by atoms with Crippen LogP contribution in [-0.2, 0) is 0 Å². The minimum absolute atomic E-state index is 0.607. The number of nitrogen functional groups attached to an aromatic ring is 1. The van der Waals surface area contributed by atoms with E-state index in [1.54, 1.807) is 4.68 Å². The van der Waals surface area contributed by atoms with Gasteiger partial charge < -0.3 is 5.73 Å². The van der Waals surface area contributed by atoms with Gasteiger partial charge in [0, 0.05) is 24.7 Å². The van der Waals surface area contributed by atoms with Crippen molar-refractivity contribution in [3.05, 3.63) is 49.8 Å². The Bertz CT molecular complexity index is 775. The van der Waals surface area contributed by atoms with Crippen LogP contribution in [0.1, 0.15) is 0 Å². The third-order valence-corrected chi connectivity index (χ3v) is 4.53. The lowest BCUT2D eigenvalue weighted by Gasteiger charge is -2.09. The van der Waals surface area contributed by atoms with Crippen molar-refractivity contribution < 1.29 is 0 Å². The minimum atomic E-state index is 0.607. The molecule has 0 fully saturated rings. The summed E-state index contributed by atoms with van der Waals surface area (Å²) >= 11 is 10.5. The number of hydrogen-bond acceptors (Lipinski definition) is 4. The van der Waals surface area contributed by atoms with E-state index < -0.39 is 0 Å². The van der Waals surface area contributed by atoms with Crippen LogP contribution in [0.15, 0.2) is 49.8 Å². The molecule has 0 bridgehead atoms. The molecule has 1 heterocycles. The molecular weight excluding hydrogens is 466 g/mol. The van der Waals surface area contributed by atoms with E-state index in [-0.39, 0.29) is 0 Å². The van der Waals surface area contributed by atoms with E-state index in [1.807, 2.05) is 36.4 Å². The quantitative estimate of drug-likeness (QED) is 0.566. The predicted octanol–water partition coefficient (Wildman–Crippen LogP) is 4.20. The summed E-state index contributed by atoms with van der Waals surface area (Å²) in [6.07, 6.45) is 0. The van der Waals surface area contributed by atoms with Gasteiger partial charge in [0.2, 0.25) is 0 Å². The molecule has 0 amide bonds. The van der Waals surface area contributed by atoms with Gasteiger partial charge in [-0.2, -0.15) is 4.68 Å². The fraction of sp³-hybridized carbons (Fsp3) is 0. The van der Waals surface area contributed by atoms with Crippen LogP contribution >= 0.6 is 47.8 Å². The molecule has 0 spiro atoms. The number of hydrogen-bond donors (Lipinski definition) is 1. The first-order chi connectivity index (χ1) is 10.1. The fourth-order valence-corrected chi connectivity index (χ4v) is 3.80. The number of aromatic nitrogens is 4. The first kappa shape index (κ1) is 14.7. The number of rotatable bonds is 2. The summed E-state index contributed by atoms with van der Waals surface area (Å²) in [5.74, 6) is 0.607. The SMILES string of the molecule is Nc1cc(Br)cc(-c2nnnn2-c2c(Br)cccc2Br)c1. The van der Waals surface area contributed by atoms with Crippen molar-refractivity contribution in [3.63, 3.8) is 0 Å². The van der Waals surface area contributed by atoms with Gasteiger partial charge in [-0.25, -0.2) is 0 Å². The molecule has 8 heteroatoms. The zero-order valence-electron chi connectivity index (χ0n) is 10.5. The molecule has 0 saturated heterocycles. The molecular formula is C13H8Br3N5. The highest BCUT2D eigenvalue weighted by Gasteiger charge is 2.16. The molecule has 0 aliphatic heterocycles. The van der Waals surface area contributed by atoms with Gasteiger partial charge in [0.1, 0.15) is 0 Å². The first-order valence-electron chi connectivity index (χ1n) is 5.85. The van der Waals surface area contributed by atoms with Crippen LogP contribution in [0.25, 0.3) is 17.1 Å². The van der Waals surface area contributed by atoms with Crippen LogP contribution in [0.5, 0.6) is 0 Å². The summed E-state index contributed by atoms with van der Waals surface area (Å²) in [7, 11) is 0. The van der Waals surface area contributed by atoms with Gasteiger partial charge >= 0.3 is 0 Å². The molecule has 0 radical (unpaired) electrons. The maximum atomic E-state index is 5.89. The Labute approximate surface area is 145 Å². The predicted molar refractivity (Wildman–Crippen MR) is 92.1 cm³/mol. The van der Waals surface area contributed by atoms with E-state index in [0.29, 0.717) is 11.5 Å². The summed E-state index contributed by atoms with van der Waals surface area (Å²) in [5.41, 5.74) is 8.18. The molecule has 2 aromatic carbocycles. The highest BCUT2D eigenvalue weighted by Crippen LogP contribution is 2.32. The smallest absolute Gasteiger partial charge is 0.187 e. The highest BCUT2D eigenvalue weighted by molar-refractivity contribution is 9.11. The Balaban J connectivity index is 2.22. The van der Waals surface area contributed by atoms with Crippen LogP contribution in [0.3, 0.4) is 0 Å². The number of halogens is 3. The Morgan fingerprint density at radius 2 is 1.71 bits per heavy atom. The molecule has 5 nitrogen and oxygen atoms in total. The van der Waals surface area contributed by atoms with Gasteiger partial charge in [0.05, 0.1) is 5.69 Å². The summed E-state index contributed by atoms with van der Waals surface area (Å²) in [6.45, 7) is 0. The zero-order valence-corrected chi connectivity index (χ0v) is 15.2.